The molecular weight excluding hydrogens is 222 g/mol. The van der Waals surface area contributed by atoms with Gasteiger partial charge in [0, 0.05) is 17.2 Å². The highest BCUT2D eigenvalue weighted by atomic mass is 16.6. The summed E-state index contributed by atoms with van der Waals surface area (Å²) in [4.78, 5) is 10.4. The molecule has 1 aromatic heterocycles. The summed E-state index contributed by atoms with van der Waals surface area (Å²) in [5, 5.41) is 19.7. The fourth-order valence-corrected chi connectivity index (χ4v) is 1.70. The number of aliphatic hydroxyl groups is 1. The minimum Gasteiger partial charge on any atom is -0.459 e. The molecule has 1 aromatic carbocycles. The Morgan fingerprint density at radius 3 is 2.71 bits per heavy atom. The van der Waals surface area contributed by atoms with Crippen LogP contribution in [0, 0.1) is 17.0 Å². The van der Waals surface area contributed by atoms with Gasteiger partial charge in [-0.1, -0.05) is 12.1 Å². The van der Waals surface area contributed by atoms with Crippen molar-refractivity contribution < 1.29 is 14.4 Å². The van der Waals surface area contributed by atoms with Crippen molar-refractivity contribution in [3.63, 3.8) is 0 Å². The second kappa shape index (κ2) is 4.39. The highest BCUT2D eigenvalue weighted by Gasteiger charge is 2.16. The van der Waals surface area contributed by atoms with Crippen LogP contribution in [0.5, 0.6) is 0 Å². The molecule has 0 bridgehead atoms. The zero-order valence-electron chi connectivity index (χ0n) is 9.21. The van der Waals surface area contributed by atoms with Crippen LogP contribution in [0.15, 0.2) is 34.7 Å². The molecule has 1 N–H and O–H groups in total. The Kier molecular flexibility index (Phi) is 2.93. The maximum absolute atomic E-state index is 10.8. The van der Waals surface area contributed by atoms with E-state index in [1.54, 1.807) is 31.2 Å². The normalized spacial score (nSPS) is 10.5. The maximum Gasteiger partial charge on any atom is 0.273 e. The summed E-state index contributed by atoms with van der Waals surface area (Å²) in [5.74, 6) is 0.959. The number of benzene rings is 1. The zero-order valence-corrected chi connectivity index (χ0v) is 9.21. The van der Waals surface area contributed by atoms with Gasteiger partial charge in [-0.15, -0.1) is 0 Å². The van der Waals surface area contributed by atoms with Crippen molar-refractivity contribution in [2.45, 2.75) is 13.5 Å². The van der Waals surface area contributed by atoms with E-state index in [4.69, 9.17) is 9.52 Å². The van der Waals surface area contributed by atoms with E-state index in [9.17, 15) is 10.1 Å². The lowest BCUT2D eigenvalue weighted by Crippen LogP contribution is -1.93. The minimum absolute atomic E-state index is 0.0597. The van der Waals surface area contributed by atoms with E-state index >= 15 is 0 Å². The van der Waals surface area contributed by atoms with Crippen LogP contribution >= 0.6 is 0 Å². The quantitative estimate of drug-likeness (QED) is 0.653. The summed E-state index contributed by atoms with van der Waals surface area (Å²) in [6.45, 7) is 1.49. The van der Waals surface area contributed by atoms with Crippen LogP contribution in [0.2, 0.25) is 0 Å². The molecule has 0 spiro atoms. The van der Waals surface area contributed by atoms with E-state index in [2.05, 4.69) is 0 Å². The van der Waals surface area contributed by atoms with Crippen molar-refractivity contribution in [2.75, 3.05) is 0 Å². The molecular formula is C12H11NO4. The monoisotopic (exact) mass is 233 g/mol. The fourth-order valence-electron chi connectivity index (χ4n) is 1.70. The lowest BCUT2D eigenvalue weighted by molar-refractivity contribution is -0.385. The van der Waals surface area contributed by atoms with Crippen molar-refractivity contribution >= 4 is 5.69 Å². The van der Waals surface area contributed by atoms with Gasteiger partial charge in [0.15, 0.2) is 0 Å². The molecule has 0 atom stereocenters. The second-order valence-electron chi connectivity index (χ2n) is 3.63. The van der Waals surface area contributed by atoms with Crippen LogP contribution in [0.3, 0.4) is 0 Å². The summed E-state index contributed by atoms with van der Waals surface area (Å²) in [5.41, 5.74) is 1.28. The summed E-state index contributed by atoms with van der Waals surface area (Å²) in [6, 6.07) is 8.16. The Balaban J connectivity index is 2.52. The zero-order chi connectivity index (χ0) is 12.4. The lowest BCUT2D eigenvalue weighted by atomic mass is 10.1. The summed E-state index contributed by atoms with van der Waals surface area (Å²) in [6.07, 6.45) is 0. The predicted molar refractivity (Wildman–Crippen MR) is 61.5 cm³/mol. The van der Waals surface area contributed by atoms with Crippen molar-refractivity contribution in [3.05, 3.63) is 51.8 Å². The molecule has 0 fully saturated rings. The third kappa shape index (κ3) is 2.05. The topological polar surface area (TPSA) is 76.5 Å². The smallest absolute Gasteiger partial charge is 0.273 e. The first kappa shape index (κ1) is 11.3. The van der Waals surface area contributed by atoms with E-state index in [-0.39, 0.29) is 12.3 Å². The van der Waals surface area contributed by atoms with Gasteiger partial charge >= 0.3 is 0 Å². The summed E-state index contributed by atoms with van der Waals surface area (Å²) < 4.78 is 5.36. The van der Waals surface area contributed by atoms with Gasteiger partial charge in [-0.3, -0.25) is 10.1 Å². The molecule has 17 heavy (non-hydrogen) atoms. The average Bonchev–Trinajstić information content (AvgIpc) is 2.77. The third-order valence-corrected chi connectivity index (χ3v) is 2.58. The highest BCUT2D eigenvalue weighted by molar-refractivity contribution is 5.67. The number of nitrogens with zero attached hydrogens (tertiary/aromatic N) is 1. The first-order chi connectivity index (χ1) is 8.13. The standard InChI is InChI=1S/C12H11NO4/c1-8-10(3-2-4-11(8)13(15)16)12-6-5-9(7-14)17-12/h2-6,14H,7H2,1H3. The van der Waals surface area contributed by atoms with Gasteiger partial charge in [0.05, 0.1) is 4.92 Å². The summed E-state index contributed by atoms with van der Waals surface area (Å²) in [7, 11) is 0. The Morgan fingerprint density at radius 2 is 2.12 bits per heavy atom. The Hall–Kier alpha value is -2.14. The molecule has 0 unspecified atom stereocenters. The second-order valence-corrected chi connectivity index (χ2v) is 3.63. The highest BCUT2D eigenvalue weighted by Crippen LogP contribution is 2.30. The van der Waals surface area contributed by atoms with Crippen LogP contribution in [-0.4, -0.2) is 10.0 Å². The van der Waals surface area contributed by atoms with Crippen molar-refractivity contribution in [2.24, 2.45) is 0 Å². The molecule has 0 saturated carbocycles. The van der Waals surface area contributed by atoms with Gasteiger partial charge in [-0.05, 0) is 19.1 Å². The average molecular weight is 233 g/mol. The molecule has 0 aliphatic rings. The third-order valence-electron chi connectivity index (χ3n) is 2.58. The van der Waals surface area contributed by atoms with E-state index in [0.717, 1.165) is 0 Å². The maximum atomic E-state index is 10.8. The van der Waals surface area contributed by atoms with E-state index in [0.29, 0.717) is 22.6 Å². The summed E-state index contributed by atoms with van der Waals surface area (Å²) >= 11 is 0. The number of furan rings is 1. The van der Waals surface area contributed by atoms with E-state index in [1.165, 1.54) is 6.07 Å². The number of aliphatic hydroxyl groups excluding tert-OH is 1. The largest absolute Gasteiger partial charge is 0.459 e. The fraction of sp³-hybridized carbons (Fsp3) is 0.167. The Morgan fingerprint density at radius 1 is 1.35 bits per heavy atom. The van der Waals surface area contributed by atoms with Gasteiger partial charge in [0.1, 0.15) is 18.1 Å². The first-order valence-electron chi connectivity index (χ1n) is 5.07. The molecule has 0 radical (unpaired) electrons. The Labute approximate surface area is 97.5 Å². The van der Waals surface area contributed by atoms with E-state index < -0.39 is 4.92 Å². The number of nitro groups is 1. The number of rotatable bonds is 3. The number of hydrogen-bond donors (Lipinski definition) is 1. The van der Waals surface area contributed by atoms with Crippen molar-refractivity contribution in [1.82, 2.24) is 0 Å². The van der Waals surface area contributed by atoms with Crippen LogP contribution < -0.4 is 0 Å². The van der Waals surface area contributed by atoms with Crippen LogP contribution in [-0.2, 0) is 6.61 Å². The Bertz CT molecular complexity index is 559. The minimum atomic E-state index is -0.422. The lowest BCUT2D eigenvalue weighted by Gasteiger charge is -2.03. The SMILES string of the molecule is Cc1c(-c2ccc(CO)o2)cccc1[N+](=O)[O-]. The van der Waals surface area contributed by atoms with Crippen LogP contribution in [0.25, 0.3) is 11.3 Å². The number of hydrogen-bond acceptors (Lipinski definition) is 4. The molecule has 0 aliphatic carbocycles. The molecule has 0 saturated heterocycles. The molecule has 5 heteroatoms. The molecule has 5 nitrogen and oxygen atoms in total. The molecule has 2 rings (SSSR count). The van der Waals surface area contributed by atoms with Crippen LogP contribution in [0.4, 0.5) is 5.69 Å². The first-order valence-corrected chi connectivity index (χ1v) is 5.07. The van der Waals surface area contributed by atoms with Gasteiger partial charge in [-0.2, -0.15) is 0 Å². The predicted octanol–water partition coefficient (Wildman–Crippen LogP) is 2.66. The molecule has 88 valence electrons. The van der Waals surface area contributed by atoms with Gasteiger partial charge in [0.2, 0.25) is 0 Å². The van der Waals surface area contributed by atoms with Crippen molar-refractivity contribution in [1.29, 1.82) is 0 Å². The van der Waals surface area contributed by atoms with Gasteiger partial charge in [0.25, 0.3) is 5.69 Å². The van der Waals surface area contributed by atoms with Gasteiger partial charge < -0.3 is 9.52 Å². The molecule has 0 aliphatic heterocycles. The van der Waals surface area contributed by atoms with Crippen molar-refractivity contribution in [3.8, 4) is 11.3 Å². The molecule has 1 heterocycles. The van der Waals surface area contributed by atoms with Crippen LogP contribution in [0.1, 0.15) is 11.3 Å². The molecule has 2 aromatic rings. The van der Waals surface area contributed by atoms with Gasteiger partial charge in [-0.25, -0.2) is 0 Å². The van der Waals surface area contributed by atoms with E-state index in [1.807, 2.05) is 0 Å². The number of nitro benzene ring substituents is 1. The molecule has 0 amide bonds.